The highest BCUT2D eigenvalue weighted by atomic mass is 16.6. The fraction of sp³-hybridized carbons (Fsp3) is 0. The van der Waals surface area contributed by atoms with E-state index in [1.807, 2.05) is 0 Å². The Labute approximate surface area is 72.1 Å². The number of H-pyrrole nitrogens is 1. The zero-order chi connectivity index (χ0) is 9.26. The average molecular weight is 179 g/mol. The van der Waals surface area contributed by atoms with E-state index in [1.165, 1.54) is 23.3 Å². The number of aromatic nitrogens is 4. The fourth-order valence-electron chi connectivity index (χ4n) is 0.918. The van der Waals surface area contributed by atoms with E-state index in [9.17, 15) is 10.1 Å². The third-order valence-electron chi connectivity index (χ3n) is 1.53. The van der Waals surface area contributed by atoms with Crippen LogP contribution in [0.5, 0.6) is 0 Å². The molecule has 0 amide bonds. The van der Waals surface area contributed by atoms with Gasteiger partial charge >= 0.3 is 5.69 Å². The van der Waals surface area contributed by atoms with Gasteiger partial charge in [-0.2, -0.15) is 10.2 Å². The molecule has 0 aromatic carbocycles. The predicted octanol–water partition coefficient (Wildman–Crippen LogP) is 0.504. The molecule has 0 radical (unpaired) electrons. The normalized spacial score (nSPS) is 10.2. The van der Waals surface area contributed by atoms with Gasteiger partial charge in [0, 0.05) is 6.20 Å². The lowest BCUT2D eigenvalue weighted by Gasteiger charge is -1.90. The molecule has 2 rings (SSSR count). The SMILES string of the molecule is O=[N+]([O-])c1cnn(-c2cn[nH]c2)c1. The van der Waals surface area contributed by atoms with E-state index < -0.39 is 4.92 Å². The van der Waals surface area contributed by atoms with E-state index in [2.05, 4.69) is 15.3 Å². The molecule has 0 aliphatic heterocycles. The van der Waals surface area contributed by atoms with E-state index >= 15 is 0 Å². The van der Waals surface area contributed by atoms with Crippen LogP contribution in [-0.2, 0) is 0 Å². The summed E-state index contributed by atoms with van der Waals surface area (Å²) in [4.78, 5) is 9.82. The fourth-order valence-corrected chi connectivity index (χ4v) is 0.918. The van der Waals surface area contributed by atoms with E-state index in [1.54, 1.807) is 6.20 Å². The van der Waals surface area contributed by atoms with Crippen LogP contribution in [0.3, 0.4) is 0 Å². The Balaban J connectivity index is 2.39. The minimum atomic E-state index is -0.496. The lowest BCUT2D eigenvalue weighted by atomic mass is 10.5. The van der Waals surface area contributed by atoms with Crippen LogP contribution in [0.4, 0.5) is 5.69 Å². The van der Waals surface area contributed by atoms with Crippen molar-refractivity contribution in [2.75, 3.05) is 0 Å². The molecule has 0 fully saturated rings. The van der Waals surface area contributed by atoms with Crippen molar-refractivity contribution in [2.24, 2.45) is 0 Å². The molecule has 13 heavy (non-hydrogen) atoms. The molecule has 0 unspecified atom stereocenters. The van der Waals surface area contributed by atoms with Gasteiger partial charge in [-0.1, -0.05) is 0 Å². The lowest BCUT2D eigenvalue weighted by Crippen LogP contribution is -1.91. The zero-order valence-electron chi connectivity index (χ0n) is 6.41. The molecule has 0 aliphatic rings. The highest BCUT2D eigenvalue weighted by Gasteiger charge is 2.09. The number of hydrogen-bond donors (Lipinski definition) is 1. The second-order valence-corrected chi connectivity index (χ2v) is 2.36. The second-order valence-electron chi connectivity index (χ2n) is 2.36. The highest BCUT2D eigenvalue weighted by Crippen LogP contribution is 2.11. The Morgan fingerprint density at radius 1 is 1.54 bits per heavy atom. The van der Waals surface area contributed by atoms with Crippen molar-refractivity contribution >= 4 is 5.69 Å². The third kappa shape index (κ3) is 1.26. The number of nitro groups is 1. The Kier molecular flexibility index (Phi) is 1.55. The summed E-state index contributed by atoms with van der Waals surface area (Å²) in [6, 6.07) is 0. The first-order valence-corrected chi connectivity index (χ1v) is 3.45. The molecule has 1 N–H and O–H groups in total. The van der Waals surface area contributed by atoms with Crippen LogP contribution < -0.4 is 0 Å². The van der Waals surface area contributed by atoms with Crippen LogP contribution in [0.1, 0.15) is 0 Å². The molecule has 0 saturated carbocycles. The van der Waals surface area contributed by atoms with Crippen LogP contribution in [0.25, 0.3) is 5.69 Å². The van der Waals surface area contributed by atoms with Crippen LogP contribution >= 0.6 is 0 Å². The largest absolute Gasteiger partial charge is 0.307 e. The second kappa shape index (κ2) is 2.70. The van der Waals surface area contributed by atoms with Gasteiger partial charge in [-0.05, 0) is 0 Å². The first-order valence-electron chi connectivity index (χ1n) is 3.45. The molecule has 0 aliphatic carbocycles. The molecule has 0 saturated heterocycles. The maximum Gasteiger partial charge on any atom is 0.307 e. The summed E-state index contributed by atoms with van der Waals surface area (Å²) < 4.78 is 1.38. The lowest BCUT2D eigenvalue weighted by molar-refractivity contribution is -0.384. The number of nitrogens with zero attached hydrogens (tertiary/aromatic N) is 4. The van der Waals surface area contributed by atoms with Gasteiger partial charge in [0.05, 0.1) is 11.1 Å². The predicted molar refractivity (Wildman–Crippen MR) is 42.4 cm³/mol. The van der Waals surface area contributed by atoms with Crippen molar-refractivity contribution in [2.45, 2.75) is 0 Å². The molecule has 7 heteroatoms. The van der Waals surface area contributed by atoms with Gasteiger partial charge in [0.25, 0.3) is 0 Å². The van der Waals surface area contributed by atoms with Crippen LogP contribution in [0, 0.1) is 10.1 Å². The maximum absolute atomic E-state index is 10.3. The Morgan fingerprint density at radius 2 is 2.38 bits per heavy atom. The molecule has 2 aromatic rings. The van der Waals surface area contributed by atoms with E-state index in [0.717, 1.165) is 0 Å². The summed E-state index contributed by atoms with van der Waals surface area (Å²) >= 11 is 0. The summed E-state index contributed by atoms with van der Waals surface area (Å²) in [5.41, 5.74) is 0.620. The average Bonchev–Trinajstić information content (AvgIpc) is 2.75. The molecule has 2 aromatic heterocycles. The Morgan fingerprint density at radius 3 is 2.92 bits per heavy atom. The van der Waals surface area contributed by atoms with Crippen LogP contribution in [-0.4, -0.2) is 24.9 Å². The van der Waals surface area contributed by atoms with Gasteiger partial charge in [-0.15, -0.1) is 0 Å². The van der Waals surface area contributed by atoms with Crippen molar-refractivity contribution < 1.29 is 4.92 Å². The van der Waals surface area contributed by atoms with Gasteiger partial charge in [-0.3, -0.25) is 15.2 Å². The van der Waals surface area contributed by atoms with Gasteiger partial charge in [0.15, 0.2) is 0 Å². The molecule has 7 nitrogen and oxygen atoms in total. The quantitative estimate of drug-likeness (QED) is 0.537. The van der Waals surface area contributed by atoms with Crippen molar-refractivity contribution in [3.63, 3.8) is 0 Å². The van der Waals surface area contributed by atoms with Crippen molar-refractivity contribution in [3.05, 3.63) is 34.9 Å². The monoisotopic (exact) mass is 179 g/mol. The van der Waals surface area contributed by atoms with E-state index in [0.29, 0.717) is 5.69 Å². The summed E-state index contributed by atoms with van der Waals surface area (Å²) in [6.07, 6.45) is 5.63. The molecule has 2 heterocycles. The number of aromatic amines is 1. The van der Waals surface area contributed by atoms with Gasteiger partial charge in [0.1, 0.15) is 18.1 Å². The van der Waals surface area contributed by atoms with Crippen molar-refractivity contribution in [3.8, 4) is 5.69 Å². The van der Waals surface area contributed by atoms with Crippen molar-refractivity contribution in [1.29, 1.82) is 0 Å². The minimum Gasteiger partial charge on any atom is -0.283 e. The first kappa shape index (κ1) is 7.47. The standard InChI is InChI=1S/C6H5N5O2/c12-11(13)6-3-9-10(4-6)5-1-7-8-2-5/h1-4H,(H,7,8). The molecular formula is C6H5N5O2. The zero-order valence-corrected chi connectivity index (χ0v) is 6.41. The topological polar surface area (TPSA) is 89.6 Å². The summed E-state index contributed by atoms with van der Waals surface area (Å²) in [6.45, 7) is 0. The Hall–Kier alpha value is -2.18. The number of nitrogens with one attached hydrogen (secondary N) is 1. The minimum absolute atomic E-state index is 0.0406. The van der Waals surface area contributed by atoms with Gasteiger partial charge in [-0.25, -0.2) is 4.68 Å². The number of rotatable bonds is 2. The third-order valence-corrected chi connectivity index (χ3v) is 1.53. The molecule has 0 bridgehead atoms. The first-order chi connectivity index (χ1) is 6.27. The van der Waals surface area contributed by atoms with E-state index in [4.69, 9.17) is 0 Å². The van der Waals surface area contributed by atoms with Gasteiger partial charge in [0.2, 0.25) is 0 Å². The summed E-state index contributed by atoms with van der Waals surface area (Å²) in [5.74, 6) is 0. The maximum atomic E-state index is 10.3. The van der Waals surface area contributed by atoms with Gasteiger partial charge < -0.3 is 0 Å². The number of hydrogen-bond acceptors (Lipinski definition) is 4. The van der Waals surface area contributed by atoms with E-state index in [-0.39, 0.29) is 5.69 Å². The molecule has 0 spiro atoms. The van der Waals surface area contributed by atoms with Crippen LogP contribution in [0.15, 0.2) is 24.8 Å². The Bertz CT molecular complexity index is 418. The summed E-state index contributed by atoms with van der Waals surface area (Å²) in [7, 11) is 0. The summed E-state index contributed by atoms with van der Waals surface area (Å²) in [5, 5.41) is 20.4. The molecule has 66 valence electrons. The highest BCUT2D eigenvalue weighted by molar-refractivity contribution is 5.30. The molecule has 0 atom stereocenters. The van der Waals surface area contributed by atoms with Crippen molar-refractivity contribution in [1.82, 2.24) is 20.0 Å². The van der Waals surface area contributed by atoms with Crippen LogP contribution in [0.2, 0.25) is 0 Å². The molecular weight excluding hydrogens is 174 g/mol. The smallest absolute Gasteiger partial charge is 0.283 e.